The molecular formula is C110H82B2N4O2Si2. The molecule has 20 aromatic rings. The Labute approximate surface area is 701 Å². The second kappa shape index (κ2) is 27.8. The van der Waals surface area contributed by atoms with E-state index in [9.17, 15) is 0 Å². The first kappa shape index (κ1) is 71.2. The van der Waals surface area contributed by atoms with Crippen molar-refractivity contribution in [2.75, 3.05) is 19.6 Å². The first-order chi connectivity index (χ1) is 58.9. The number of anilines is 12. The molecule has 6 nitrogen and oxygen atoms in total. The summed E-state index contributed by atoms with van der Waals surface area (Å²) >= 11 is 0. The summed E-state index contributed by atoms with van der Waals surface area (Å²) in [7, 11) is -5.24. The minimum atomic E-state index is -2.73. The molecule has 0 N–H and O–H groups in total. The maximum absolute atomic E-state index is 6.55. The second-order valence-electron chi connectivity index (χ2n) is 33.6. The van der Waals surface area contributed by atoms with E-state index >= 15 is 0 Å². The van der Waals surface area contributed by atoms with Gasteiger partial charge in [-0.25, -0.2) is 0 Å². The molecule has 24 rings (SSSR count). The average molecular weight is 1570 g/mol. The van der Waals surface area contributed by atoms with E-state index in [1.165, 1.54) is 154 Å². The lowest BCUT2D eigenvalue weighted by Gasteiger charge is -2.46. The van der Waals surface area contributed by atoms with Crippen molar-refractivity contribution in [1.82, 2.24) is 0 Å². The van der Waals surface area contributed by atoms with Crippen molar-refractivity contribution in [2.45, 2.75) is 40.8 Å². The molecule has 6 heterocycles. The van der Waals surface area contributed by atoms with Gasteiger partial charge >= 0.3 is 0 Å². The highest BCUT2D eigenvalue weighted by atomic mass is 28.3. The Kier molecular flexibility index (Phi) is 16.5. The summed E-state index contributed by atoms with van der Waals surface area (Å²) in [6.45, 7) is 13.9. The molecule has 568 valence electrons. The summed E-state index contributed by atoms with van der Waals surface area (Å²) in [6.07, 6.45) is 0. The van der Waals surface area contributed by atoms with Gasteiger partial charge in [0.25, 0.3) is 13.4 Å². The van der Waals surface area contributed by atoms with Crippen LogP contribution < -0.4 is 83.5 Å². The Hall–Kier alpha value is -14.2. The Morgan fingerprint density at radius 2 is 0.525 bits per heavy atom. The van der Waals surface area contributed by atoms with Crippen LogP contribution in [0.4, 0.5) is 68.2 Å². The molecule has 0 aliphatic carbocycles. The number of nitrogens with zero attached hydrogens (tertiary/aromatic N) is 4. The predicted molar refractivity (Wildman–Crippen MR) is 516 cm³/mol. The highest BCUT2D eigenvalue weighted by Gasteiger charge is 2.49. The molecule has 0 amide bonds. The van der Waals surface area contributed by atoms with Crippen LogP contribution in [0.1, 0.15) is 22.3 Å². The SMILES string of the molecule is C[Si](c1ccccc1)(c1ccccc1)c1cc2c3c(c1)N(c1ccccc1)c1c(ccc4cc5oc6ccccc6c5cc14)B3c1ccc3cc4oc5ccccc5c4cc3c1N2c1ccccc1.Cc1ccc(N2c3ccc(C)cc3B3c4cc(C)ccc4N(c4ccc(C)cc4)c4cc([Si](C)(c5ccccc5)c5ccccc5)cc2c43)cc1. The van der Waals surface area contributed by atoms with Crippen molar-refractivity contribution in [3.63, 3.8) is 0 Å². The van der Waals surface area contributed by atoms with E-state index in [1.54, 1.807) is 0 Å². The Balaban J connectivity index is 0.000000147. The van der Waals surface area contributed by atoms with Crippen LogP contribution in [0.5, 0.6) is 0 Å². The quantitative estimate of drug-likeness (QED) is 0.100. The Morgan fingerprint density at radius 1 is 0.217 bits per heavy atom. The van der Waals surface area contributed by atoms with Crippen LogP contribution in [0.2, 0.25) is 13.1 Å². The molecule has 0 bridgehead atoms. The molecule has 120 heavy (non-hydrogen) atoms. The molecule has 2 aromatic heterocycles. The van der Waals surface area contributed by atoms with Gasteiger partial charge in [0.15, 0.2) is 0 Å². The third-order valence-corrected chi connectivity index (χ3v) is 35.4. The van der Waals surface area contributed by atoms with Crippen molar-refractivity contribution in [1.29, 1.82) is 0 Å². The van der Waals surface area contributed by atoms with E-state index in [0.29, 0.717) is 0 Å². The number of hydrogen-bond acceptors (Lipinski definition) is 6. The summed E-state index contributed by atoms with van der Waals surface area (Å²) < 4.78 is 13.1. The molecule has 0 unspecified atom stereocenters. The molecule has 4 aliphatic rings. The Morgan fingerprint density at radius 3 is 0.892 bits per heavy atom. The van der Waals surface area contributed by atoms with Crippen molar-refractivity contribution in [3.05, 3.63) is 411 Å². The highest BCUT2D eigenvalue weighted by Crippen LogP contribution is 2.51. The smallest absolute Gasteiger partial charge is 0.252 e. The lowest BCUT2D eigenvalue weighted by atomic mass is 9.33. The fourth-order valence-electron chi connectivity index (χ4n) is 20.6. The number of fused-ring (bicyclic) bond motifs is 18. The first-order valence-electron chi connectivity index (χ1n) is 41.9. The zero-order valence-electron chi connectivity index (χ0n) is 67.7. The van der Waals surface area contributed by atoms with Gasteiger partial charge in [0.05, 0.1) is 0 Å². The maximum atomic E-state index is 6.55. The molecule has 10 heteroatoms. The van der Waals surface area contributed by atoms with Gasteiger partial charge < -0.3 is 28.4 Å². The van der Waals surface area contributed by atoms with Gasteiger partial charge in [-0.1, -0.05) is 302 Å². The topological polar surface area (TPSA) is 39.2 Å². The largest absolute Gasteiger partial charge is 0.456 e. The predicted octanol–water partition coefficient (Wildman–Crippen LogP) is 21.1. The highest BCUT2D eigenvalue weighted by molar-refractivity contribution is 7.12. The van der Waals surface area contributed by atoms with E-state index in [2.05, 4.69) is 449 Å². The number of furan rings is 2. The second-order valence-corrected chi connectivity index (χ2v) is 41.6. The molecule has 0 spiro atoms. The van der Waals surface area contributed by atoms with Crippen LogP contribution in [-0.4, -0.2) is 29.6 Å². The summed E-state index contributed by atoms with van der Waals surface area (Å²) in [5, 5.41) is 17.4. The van der Waals surface area contributed by atoms with Gasteiger partial charge in [0, 0.05) is 101 Å². The minimum Gasteiger partial charge on any atom is -0.456 e. The lowest BCUT2D eigenvalue weighted by molar-refractivity contribution is 0.669. The molecule has 0 atom stereocenters. The summed E-state index contributed by atoms with van der Waals surface area (Å²) in [5.74, 6) is 0. The van der Waals surface area contributed by atoms with Gasteiger partial charge in [-0.3, -0.25) is 0 Å². The van der Waals surface area contributed by atoms with Gasteiger partial charge in [-0.05, 0) is 224 Å². The van der Waals surface area contributed by atoms with Crippen LogP contribution >= 0.6 is 0 Å². The van der Waals surface area contributed by atoms with Gasteiger partial charge in [-0.2, -0.15) is 0 Å². The van der Waals surface area contributed by atoms with Crippen molar-refractivity contribution in [2.24, 2.45) is 0 Å². The van der Waals surface area contributed by atoms with Crippen LogP contribution in [0, 0.1) is 27.7 Å². The third kappa shape index (κ3) is 11.0. The monoisotopic (exact) mass is 1570 g/mol. The van der Waals surface area contributed by atoms with E-state index in [0.717, 1.165) is 66.0 Å². The molecule has 0 saturated carbocycles. The summed E-state index contributed by atoms with van der Waals surface area (Å²) in [4.78, 5) is 10.3. The van der Waals surface area contributed by atoms with Gasteiger partial charge in [0.1, 0.15) is 38.5 Å². The maximum Gasteiger partial charge on any atom is 0.252 e. The zero-order valence-corrected chi connectivity index (χ0v) is 69.7. The number of rotatable bonds is 10. The summed E-state index contributed by atoms with van der Waals surface area (Å²) in [5.41, 5.74) is 31.0. The van der Waals surface area contributed by atoms with Crippen molar-refractivity contribution >= 4 is 227 Å². The number of para-hydroxylation sites is 4. The fourth-order valence-corrected chi connectivity index (χ4v) is 27.7. The number of hydrogen-bond donors (Lipinski definition) is 0. The molecule has 0 radical (unpaired) electrons. The summed E-state index contributed by atoms with van der Waals surface area (Å²) in [6, 6.07) is 145. The van der Waals surface area contributed by atoms with Gasteiger partial charge in [0.2, 0.25) is 0 Å². The van der Waals surface area contributed by atoms with Crippen molar-refractivity contribution in [3.8, 4) is 0 Å². The van der Waals surface area contributed by atoms with Crippen molar-refractivity contribution < 1.29 is 8.83 Å². The zero-order chi connectivity index (χ0) is 80.2. The van der Waals surface area contributed by atoms with E-state index in [4.69, 9.17) is 8.83 Å². The lowest BCUT2D eigenvalue weighted by Crippen LogP contribution is -2.66. The number of benzene rings is 18. The molecular weight excluding hydrogens is 1490 g/mol. The number of aryl methyl sites for hydroxylation is 4. The molecule has 18 aromatic carbocycles. The minimum absolute atomic E-state index is 0.0959. The third-order valence-electron chi connectivity index (χ3n) is 26.6. The molecule has 0 fully saturated rings. The molecule has 0 saturated heterocycles. The Bertz CT molecular complexity index is 7090. The van der Waals surface area contributed by atoms with Crippen LogP contribution in [-0.2, 0) is 0 Å². The first-order valence-corrected chi connectivity index (χ1v) is 46.9. The average Bonchev–Trinajstić information content (AvgIpc) is 0.778. The van der Waals surface area contributed by atoms with E-state index < -0.39 is 16.1 Å². The molecule has 4 aliphatic heterocycles. The standard InChI is InChI=1S/C63H41BN2O2Si.C47H41BN2Si/c1-69(44-22-10-4-11-23-44,45-24-12-5-13-25-45)46-36-55-61-56(37-46)66(43-20-8-3-9-21-43)63-50-39-52-48-27-15-17-29-58(48)68-60(52)35-41(50)31-33-54(63)64(61)53-32-30-40-34-59-51(47-26-14-16-28-57(47)67-59)38-49(40)62(53)65(55)42-18-6-2-7-19-42;1-32-16-22-36(23-17-32)49-43-26-20-34(3)28-41(43)48-42-29-35(4)21-27-44(42)50(37-24-18-33(2)19-25-37)46-31-40(30-45(49)47(46)48)51(5,38-12-8-6-9-13-38)39-14-10-7-11-15-39/h2-39H,1H3;6-31H,1-5H3. The van der Waals surface area contributed by atoms with Crippen LogP contribution in [0.25, 0.3) is 65.4 Å². The van der Waals surface area contributed by atoms with Crippen LogP contribution in [0.3, 0.4) is 0 Å². The fraction of sp³-hybridized carbons (Fsp3) is 0.0545. The van der Waals surface area contributed by atoms with Crippen LogP contribution in [0.15, 0.2) is 397 Å². The van der Waals surface area contributed by atoms with E-state index in [-0.39, 0.29) is 13.4 Å². The normalized spacial score (nSPS) is 13.2. The van der Waals surface area contributed by atoms with Gasteiger partial charge in [-0.15, -0.1) is 0 Å². The van der Waals surface area contributed by atoms with E-state index in [1.807, 2.05) is 0 Å².